The molecule has 0 fully saturated rings. The molecule has 3 aromatic carbocycles. The number of benzene rings is 3. The number of carbonyl (C=O) groups is 1. The minimum absolute atomic E-state index is 0.422. The van der Waals surface area contributed by atoms with E-state index in [1.807, 2.05) is 42.5 Å². The molecule has 1 N–H and O–H groups in total. The van der Waals surface area contributed by atoms with Gasteiger partial charge >= 0.3 is 5.97 Å². The molecule has 0 radical (unpaired) electrons. The molecule has 4 rings (SSSR count). The van der Waals surface area contributed by atoms with E-state index in [2.05, 4.69) is 0 Å². The van der Waals surface area contributed by atoms with Gasteiger partial charge in [-0.25, -0.2) is 4.79 Å². The highest BCUT2D eigenvalue weighted by Crippen LogP contribution is 2.46. The van der Waals surface area contributed by atoms with Gasteiger partial charge in [0.15, 0.2) is 6.10 Å². The van der Waals surface area contributed by atoms with E-state index < -0.39 is 18.2 Å². The smallest absolute Gasteiger partial charge is 0.338 e. The first kappa shape index (κ1) is 13.0. The fourth-order valence-corrected chi connectivity index (χ4v) is 3.10. The van der Waals surface area contributed by atoms with Gasteiger partial charge in [-0.05, 0) is 28.5 Å². The minimum Gasteiger partial charge on any atom is -0.451 e. The first-order valence-electron chi connectivity index (χ1n) is 7.21. The first-order valence-corrected chi connectivity index (χ1v) is 7.21. The van der Waals surface area contributed by atoms with Gasteiger partial charge in [0.2, 0.25) is 0 Å². The Morgan fingerprint density at radius 3 is 2.27 bits per heavy atom. The largest absolute Gasteiger partial charge is 0.451 e. The molecule has 3 nitrogen and oxygen atoms in total. The van der Waals surface area contributed by atoms with Crippen LogP contribution in [-0.2, 0) is 4.74 Å². The zero-order chi connectivity index (χ0) is 15.1. The fourth-order valence-electron chi connectivity index (χ4n) is 3.10. The fraction of sp³-hybridized carbons (Fsp3) is 0.105. The van der Waals surface area contributed by atoms with E-state index in [0.29, 0.717) is 5.56 Å². The van der Waals surface area contributed by atoms with Crippen molar-refractivity contribution in [1.82, 2.24) is 0 Å². The van der Waals surface area contributed by atoms with E-state index in [-0.39, 0.29) is 0 Å². The van der Waals surface area contributed by atoms with Crippen LogP contribution < -0.4 is 0 Å². The maximum atomic E-state index is 12.3. The zero-order valence-corrected chi connectivity index (χ0v) is 11.8. The number of aliphatic hydroxyl groups excluding tert-OH is 1. The van der Waals surface area contributed by atoms with Gasteiger partial charge in [0, 0.05) is 5.56 Å². The van der Waals surface area contributed by atoms with E-state index in [1.165, 1.54) is 0 Å². The molecule has 3 heteroatoms. The summed E-state index contributed by atoms with van der Waals surface area (Å²) >= 11 is 0. The summed E-state index contributed by atoms with van der Waals surface area (Å²) in [5.74, 6) is -0.422. The highest BCUT2D eigenvalue weighted by molar-refractivity contribution is 5.93. The molecule has 0 unspecified atom stereocenters. The number of aliphatic hydroxyl groups is 1. The Labute approximate surface area is 127 Å². The van der Waals surface area contributed by atoms with Crippen molar-refractivity contribution < 1.29 is 14.6 Å². The van der Waals surface area contributed by atoms with E-state index >= 15 is 0 Å². The Balaban J connectivity index is 1.73. The maximum Gasteiger partial charge on any atom is 0.338 e. The van der Waals surface area contributed by atoms with Crippen LogP contribution in [0, 0.1) is 0 Å². The van der Waals surface area contributed by atoms with Crippen LogP contribution in [0.25, 0.3) is 10.8 Å². The predicted octanol–water partition coefficient (Wildman–Crippen LogP) is 3.78. The third-order valence-corrected chi connectivity index (χ3v) is 4.12. The van der Waals surface area contributed by atoms with Crippen LogP contribution in [-0.4, -0.2) is 11.1 Å². The Morgan fingerprint density at radius 1 is 0.864 bits per heavy atom. The second kappa shape index (κ2) is 4.97. The molecular weight excluding hydrogens is 276 g/mol. The maximum absolute atomic E-state index is 12.3. The lowest BCUT2D eigenvalue weighted by atomic mass is 10.1. The summed E-state index contributed by atoms with van der Waals surface area (Å²) in [7, 11) is 0. The van der Waals surface area contributed by atoms with Gasteiger partial charge in [-0.1, -0.05) is 54.6 Å². The normalized spacial score (nSPS) is 19.3. The summed E-state index contributed by atoms with van der Waals surface area (Å²) in [6, 6.07) is 20.4. The number of carbonyl (C=O) groups excluding carboxylic acids is 1. The molecule has 1 aliphatic carbocycles. The van der Waals surface area contributed by atoms with E-state index in [0.717, 1.165) is 21.9 Å². The molecule has 1 aliphatic rings. The molecule has 0 aliphatic heterocycles. The van der Waals surface area contributed by atoms with Crippen LogP contribution in [0.5, 0.6) is 0 Å². The number of esters is 1. The monoisotopic (exact) mass is 290 g/mol. The summed E-state index contributed by atoms with van der Waals surface area (Å²) < 4.78 is 5.59. The van der Waals surface area contributed by atoms with Crippen LogP contribution in [0.2, 0.25) is 0 Å². The molecule has 0 saturated carbocycles. The average molecular weight is 290 g/mol. The third kappa shape index (κ3) is 1.90. The van der Waals surface area contributed by atoms with Crippen molar-refractivity contribution in [1.29, 1.82) is 0 Å². The Hall–Kier alpha value is -2.65. The van der Waals surface area contributed by atoms with Crippen molar-refractivity contribution in [3.05, 3.63) is 83.4 Å². The van der Waals surface area contributed by atoms with Gasteiger partial charge in [0.25, 0.3) is 0 Å². The Kier molecular flexibility index (Phi) is 2.94. The molecule has 2 atom stereocenters. The zero-order valence-electron chi connectivity index (χ0n) is 11.8. The van der Waals surface area contributed by atoms with Crippen LogP contribution >= 0.6 is 0 Å². The summed E-state index contributed by atoms with van der Waals surface area (Å²) in [5.41, 5.74) is 2.17. The highest BCUT2D eigenvalue weighted by Gasteiger charge is 2.35. The van der Waals surface area contributed by atoms with Crippen molar-refractivity contribution in [3.63, 3.8) is 0 Å². The molecule has 0 heterocycles. The summed E-state index contributed by atoms with van der Waals surface area (Å²) in [4.78, 5) is 12.3. The highest BCUT2D eigenvalue weighted by atomic mass is 16.6. The first-order chi connectivity index (χ1) is 10.8. The van der Waals surface area contributed by atoms with Gasteiger partial charge in [0.1, 0.15) is 6.10 Å². The summed E-state index contributed by atoms with van der Waals surface area (Å²) in [5, 5.41) is 12.6. The lowest BCUT2D eigenvalue weighted by Crippen LogP contribution is -2.14. The minimum atomic E-state index is -0.825. The van der Waals surface area contributed by atoms with Gasteiger partial charge in [-0.3, -0.25) is 0 Å². The van der Waals surface area contributed by atoms with Crippen LogP contribution in [0.4, 0.5) is 0 Å². The summed E-state index contributed by atoms with van der Waals surface area (Å²) in [6.07, 6.45) is -1.48. The molecule has 0 amide bonds. The van der Waals surface area contributed by atoms with Gasteiger partial charge in [-0.15, -0.1) is 0 Å². The van der Waals surface area contributed by atoms with E-state index in [9.17, 15) is 9.90 Å². The van der Waals surface area contributed by atoms with Gasteiger partial charge in [0.05, 0.1) is 5.56 Å². The van der Waals surface area contributed by atoms with Crippen molar-refractivity contribution in [2.45, 2.75) is 12.2 Å². The Morgan fingerprint density at radius 2 is 1.55 bits per heavy atom. The standard InChI is InChI=1S/C19H14O3/c20-17-14-10-4-8-12-9-5-11-15(16(12)14)18(17)22-19(21)13-6-2-1-3-7-13/h1-11,17-18,20H/t17-,18-/m0/s1. The van der Waals surface area contributed by atoms with Crippen molar-refractivity contribution in [3.8, 4) is 0 Å². The molecular formula is C19H14O3. The number of rotatable bonds is 2. The van der Waals surface area contributed by atoms with Crippen LogP contribution in [0.1, 0.15) is 33.7 Å². The van der Waals surface area contributed by atoms with Crippen LogP contribution in [0.3, 0.4) is 0 Å². The predicted molar refractivity (Wildman–Crippen MR) is 83.5 cm³/mol. The molecule has 0 bridgehead atoms. The second-order valence-electron chi connectivity index (χ2n) is 5.43. The van der Waals surface area contributed by atoms with Crippen molar-refractivity contribution >= 4 is 16.7 Å². The Bertz CT molecular complexity index is 850. The number of hydrogen-bond donors (Lipinski definition) is 1. The number of hydrogen-bond acceptors (Lipinski definition) is 3. The molecule has 0 spiro atoms. The lowest BCUT2D eigenvalue weighted by Gasteiger charge is -2.17. The topological polar surface area (TPSA) is 46.5 Å². The lowest BCUT2D eigenvalue weighted by molar-refractivity contribution is -0.0161. The van der Waals surface area contributed by atoms with Gasteiger partial charge in [-0.2, -0.15) is 0 Å². The average Bonchev–Trinajstić information content (AvgIpc) is 2.84. The molecule has 108 valence electrons. The van der Waals surface area contributed by atoms with Crippen molar-refractivity contribution in [2.75, 3.05) is 0 Å². The van der Waals surface area contributed by atoms with E-state index in [1.54, 1.807) is 24.3 Å². The van der Waals surface area contributed by atoms with E-state index in [4.69, 9.17) is 4.74 Å². The van der Waals surface area contributed by atoms with Crippen molar-refractivity contribution in [2.24, 2.45) is 0 Å². The van der Waals surface area contributed by atoms with Gasteiger partial charge < -0.3 is 9.84 Å². The molecule has 22 heavy (non-hydrogen) atoms. The molecule has 3 aromatic rings. The third-order valence-electron chi connectivity index (χ3n) is 4.12. The number of ether oxygens (including phenoxy) is 1. The summed E-state index contributed by atoms with van der Waals surface area (Å²) in [6.45, 7) is 0. The molecule has 0 aromatic heterocycles. The quantitative estimate of drug-likeness (QED) is 0.730. The molecule has 0 saturated heterocycles. The van der Waals surface area contributed by atoms with Crippen LogP contribution in [0.15, 0.2) is 66.7 Å². The SMILES string of the molecule is O=C(O[C@H]1c2cccc3cccc(c23)[C@@H]1O)c1ccccc1. The second-order valence-corrected chi connectivity index (χ2v) is 5.43.